The molecular weight excluding hydrogens is 588 g/mol. The molecule has 1 amide bonds. The number of aryl methyl sites for hydroxylation is 1. The lowest BCUT2D eigenvalue weighted by molar-refractivity contribution is -0.139. The molecule has 44 heavy (non-hydrogen) atoms. The van der Waals surface area contributed by atoms with Gasteiger partial charge in [-0.2, -0.15) is 9.97 Å². The van der Waals surface area contributed by atoms with Crippen LogP contribution in [0.1, 0.15) is 70.4 Å². The van der Waals surface area contributed by atoms with Gasteiger partial charge < -0.3 is 35.4 Å². The average molecular weight is 631 g/mol. The van der Waals surface area contributed by atoms with Gasteiger partial charge in [-0.15, -0.1) is 0 Å². The first kappa shape index (κ1) is 34.5. The minimum absolute atomic E-state index is 0.0748. The number of thiocarbonyl (C=S) groups is 1. The highest BCUT2D eigenvalue weighted by Gasteiger charge is 2.23. The number of hydrogen-bond donors (Lipinski definition) is 4. The van der Waals surface area contributed by atoms with Gasteiger partial charge in [0.1, 0.15) is 23.8 Å². The largest absolute Gasteiger partial charge is 0.480 e. The van der Waals surface area contributed by atoms with Crippen molar-refractivity contribution >= 4 is 46.1 Å². The average Bonchev–Trinajstić information content (AvgIpc) is 3.26. The van der Waals surface area contributed by atoms with E-state index in [2.05, 4.69) is 20.3 Å². The van der Waals surface area contributed by atoms with Crippen molar-refractivity contribution < 1.29 is 28.9 Å². The van der Waals surface area contributed by atoms with Crippen LogP contribution in [0.2, 0.25) is 0 Å². The van der Waals surface area contributed by atoms with Crippen molar-refractivity contribution in [3.05, 3.63) is 45.9 Å². The number of amides is 1. The lowest BCUT2D eigenvalue weighted by Crippen LogP contribution is -2.43. The number of anilines is 1. The number of hydrogen-bond acceptors (Lipinski definition) is 10. The molecule has 0 aliphatic rings. The molecule has 13 nitrogen and oxygen atoms in total. The molecule has 0 aliphatic heterocycles. The van der Waals surface area contributed by atoms with Crippen LogP contribution in [0.4, 0.5) is 10.6 Å². The van der Waals surface area contributed by atoms with Gasteiger partial charge >= 0.3 is 23.8 Å². The van der Waals surface area contributed by atoms with Gasteiger partial charge in [-0.25, -0.2) is 14.4 Å². The smallest absolute Gasteiger partial charge is 0.408 e. The highest BCUT2D eigenvalue weighted by molar-refractivity contribution is 7.80. The van der Waals surface area contributed by atoms with Crippen molar-refractivity contribution in [2.75, 3.05) is 26.1 Å². The molecule has 0 fully saturated rings. The van der Waals surface area contributed by atoms with Gasteiger partial charge in [0, 0.05) is 7.11 Å². The maximum atomic E-state index is 12.7. The number of benzene rings is 1. The summed E-state index contributed by atoms with van der Waals surface area (Å²) < 4.78 is 17.1. The number of nitrogen functional groups attached to an aromatic ring is 1. The molecule has 0 spiro atoms. The van der Waals surface area contributed by atoms with Crippen LogP contribution in [0, 0.1) is 0 Å². The second-order valence-corrected chi connectivity index (χ2v) is 12.0. The van der Waals surface area contributed by atoms with E-state index in [0.717, 1.165) is 48.1 Å². The van der Waals surface area contributed by atoms with Crippen molar-refractivity contribution in [2.24, 2.45) is 0 Å². The number of carbonyl (C=O) groups is 2. The summed E-state index contributed by atoms with van der Waals surface area (Å²) in [6.45, 7) is 6.08. The first-order chi connectivity index (χ1) is 20.9. The Morgan fingerprint density at radius 1 is 1.09 bits per heavy atom. The van der Waals surface area contributed by atoms with Gasteiger partial charge in [-0.3, -0.25) is 4.57 Å². The standard InChI is InChI=1S/C30H42N6O7S/c1-30(2,3)43-29(40)32-22(26(37)38)9-7-5-6-8-21(44)15-14-19-10-12-20(13-11-19)18-36-25-23(33-28(36)39)24(31)34-27(35-25)42-17-16-41-4/h10-13,22H,5-9,14-18H2,1-4H3,(H,32,40)(H,33,39)(H,37,38)(H2,31,34,35). The van der Waals surface area contributed by atoms with E-state index in [1.807, 2.05) is 24.3 Å². The fourth-order valence-electron chi connectivity index (χ4n) is 4.42. The number of aromatic nitrogens is 4. The Morgan fingerprint density at radius 3 is 2.45 bits per heavy atom. The van der Waals surface area contributed by atoms with E-state index >= 15 is 0 Å². The molecule has 2 aromatic heterocycles. The summed E-state index contributed by atoms with van der Waals surface area (Å²) in [6, 6.07) is 7.06. The maximum Gasteiger partial charge on any atom is 0.408 e. The van der Waals surface area contributed by atoms with Crippen molar-refractivity contribution in [2.45, 2.75) is 83.9 Å². The Bertz CT molecular complexity index is 1480. The number of ether oxygens (including phenoxy) is 3. The second-order valence-electron chi connectivity index (χ2n) is 11.4. The minimum Gasteiger partial charge on any atom is -0.480 e. The summed E-state index contributed by atoms with van der Waals surface area (Å²) >= 11 is 5.57. The van der Waals surface area contributed by atoms with Gasteiger partial charge in [-0.05, 0) is 68.9 Å². The van der Waals surface area contributed by atoms with E-state index in [9.17, 15) is 19.5 Å². The Labute approximate surface area is 261 Å². The number of rotatable bonds is 17. The topological polar surface area (TPSA) is 184 Å². The molecule has 5 N–H and O–H groups in total. The fourth-order valence-corrected chi connectivity index (χ4v) is 4.66. The number of unbranched alkanes of at least 4 members (excludes halogenated alkanes) is 2. The van der Waals surface area contributed by atoms with Crippen LogP contribution in [0.3, 0.4) is 0 Å². The van der Waals surface area contributed by atoms with Crippen LogP contribution in [0.25, 0.3) is 11.2 Å². The molecule has 1 aromatic carbocycles. The summed E-state index contributed by atoms with van der Waals surface area (Å²) in [5, 5.41) is 11.8. The molecule has 1 atom stereocenters. The third-order valence-corrected chi connectivity index (χ3v) is 7.05. The quantitative estimate of drug-likeness (QED) is 0.125. The van der Waals surface area contributed by atoms with E-state index in [-0.39, 0.29) is 24.1 Å². The number of nitrogens with zero attached hydrogens (tertiary/aromatic N) is 3. The van der Waals surface area contributed by atoms with E-state index in [0.29, 0.717) is 37.2 Å². The van der Waals surface area contributed by atoms with Crippen LogP contribution in [-0.2, 0) is 27.2 Å². The molecule has 14 heteroatoms. The van der Waals surface area contributed by atoms with Gasteiger partial charge in [0.2, 0.25) is 0 Å². The number of alkyl carbamates (subject to hydrolysis) is 1. The van der Waals surface area contributed by atoms with E-state index < -0.39 is 23.7 Å². The lowest BCUT2D eigenvalue weighted by atomic mass is 10.0. The zero-order valence-electron chi connectivity index (χ0n) is 25.7. The first-order valence-electron chi connectivity index (χ1n) is 14.6. The van der Waals surface area contributed by atoms with Crippen LogP contribution in [0.15, 0.2) is 29.1 Å². The summed E-state index contributed by atoms with van der Waals surface area (Å²) in [4.78, 5) is 48.2. The normalized spacial score (nSPS) is 12.2. The Kier molecular flexibility index (Phi) is 12.6. The predicted molar refractivity (Wildman–Crippen MR) is 170 cm³/mol. The SMILES string of the molecule is COCCOc1nc(N)c2[nH]c(=O)n(Cc3ccc(CCC(=S)CCCCCC(NC(=O)OC(C)(C)C)C(=O)O)cc3)c2n1. The molecule has 3 rings (SSSR count). The van der Waals surface area contributed by atoms with Crippen LogP contribution in [-0.4, -0.2) is 73.5 Å². The molecule has 0 saturated carbocycles. The summed E-state index contributed by atoms with van der Waals surface area (Å²) in [6.07, 6.45) is 4.22. The van der Waals surface area contributed by atoms with E-state index in [1.165, 1.54) is 4.57 Å². The van der Waals surface area contributed by atoms with E-state index in [1.54, 1.807) is 27.9 Å². The Hall–Kier alpha value is -4.04. The summed E-state index contributed by atoms with van der Waals surface area (Å²) in [7, 11) is 1.56. The monoisotopic (exact) mass is 630 g/mol. The zero-order chi connectivity index (χ0) is 32.3. The van der Waals surface area contributed by atoms with Crippen LogP contribution in [0.5, 0.6) is 6.01 Å². The number of carbonyl (C=O) groups excluding carboxylic acids is 1. The van der Waals surface area contributed by atoms with E-state index in [4.69, 9.17) is 32.2 Å². The predicted octanol–water partition coefficient (Wildman–Crippen LogP) is 4.01. The molecule has 1 unspecified atom stereocenters. The fraction of sp³-hybridized carbons (Fsp3) is 0.533. The number of aliphatic carboxylic acids is 1. The third kappa shape index (κ3) is 10.9. The highest BCUT2D eigenvalue weighted by atomic mass is 32.1. The zero-order valence-corrected chi connectivity index (χ0v) is 26.5. The van der Waals surface area contributed by atoms with Crippen molar-refractivity contribution in [1.82, 2.24) is 24.8 Å². The molecule has 2 heterocycles. The molecule has 0 aliphatic carbocycles. The maximum absolute atomic E-state index is 12.7. The van der Waals surface area contributed by atoms with Crippen molar-refractivity contribution in [1.29, 1.82) is 0 Å². The Morgan fingerprint density at radius 2 is 1.80 bits per heavy atom. The number of fused-ring (bicyclic) bond motifs is 1. The van der Waals surface area contributed by atoms with Crippen molar-refractivity contribution in [3.63, 3.8) is 0 Å². The summed E-state index contributed by atoms with van der Waals surface area (Å²) in [5.74, 6) is -0.953. The molecule has 3 aromatic rings. The van der Waals surface area contributed by atoms with Crippen LogP contribution >= 0.6 is 12.2 Å². The minimum atomic E-state index is -1.08. The number of methoxy groups -OCH3 is 1. The lowest BCUT2D eigenvalue weighted by Gasteiger charge is -2.22. The van der Waals surface area contributed by atoms with Gasteiger partial charge in [-0.1, -0.05) is 49.3 Å². The number of aromatic amines is 1. The number of nitrogens with one attached hydrogen (secondary N) is 2. The first-order valence-corrected chi connectivity index (χ1v) is 15.0. The summed E-state index contributed by atoms with van der Waals surface area (Å²) in [5.41, 5.74) is 7.74. The number of nitrogens with two attached hydrogens (primary N) is 1. The number of H-pyrrole nitrogens is 1. The van der Waals surface area contributed by atoms with Gasteiger partial charge in [0.05, 0.1) is 13.2 Å². The number of carboxylic acid groups (broad SMARTS) is 1. The third-order valence-electron chi connectivity index (χ3n) is 6.64. The molecule has 0 radical (unpaired) electrons. The second kappa shape index (κ2) is 16.1. The highest BCUT2D eigenvalue weighted by Crippen LogP contribution is 2.19. The van der Waals surface area contributed by atoms with Gasteiger partial charge in [0.15, 0.2) is 11.5 Å². The molecular formula is C30H42N6O7S. The number of imidazole rings is 1. The van der Waals surface area contributed by atoms with Gasteiger partial charge in [0.25, 0.3) is 0 Å². The molecule has 0 bridgehead atoms. The van der Waals surface area contributed by atoms with Crippen LogP contribution < -0.4 is 21.5 Å². The Balaban J connectivity index is 1.44. The molecule has 0 saturated heterocycles. The molecule has 240 valence electrons. The van der Waals surface area contributed by atoms with Crippen molar-refractivity contribution in [3.8, 4) is 6.01 Å². The number of carboxylic acids is 1.